The normalized spacial score (nSPS) is 14.2. The SMILES string of the molecule is CCOC(=O)CNC(C)(C(=O)N1CCCC1)c1ccc2c(c1)nc(CNc1ccc(C(=N)N)cc1)n2C.Cl.Cl. The molecule has 0 saturated carbocycles. The third-order valence-corrected chi connectivity index (χ3v) is 6.91. The number of benzene rings is 2. The van der Waals surface area contributed by atoms with Crippen LogP contribution in [0.15, 0.2) is 42.5 Å². The van der Waals surface area contributed by atoms with Crippen LogP contribution < -0.4 is 16.4 Å². The Kier molecular flexibility index (Phi) is 11.1. The van der Waals surface area contributed by atoms with Crippen molar-refractivity contribution in [2.75, 3.05) is 31.6 Å². The lowest BCUT2D eigenvalue weighted by atomic mass is 9.89. The third kappa shape index (κ3) is 7.00. The van der Waals surface area contributed by atoms with Crippen molar-refractivity contribution in [3.05, 3.63) is 59.4 Å². The van der Waals surface area contributed by atoms with Crippen LogP contribution >= 0.6 is 24.8 Å². The minimum absolute atomic E-state index is 0. The number of esters is 1. The Morgan fingerprint density at radius 2 is 1.79 bits per heavy atom. The van der Waals surface area contributed by atoms with Crippen LogP contribution in [0.3, 0.4) is 0 Å². The summed E-state index contributed by atoms with van der Waals surface area (Å²) in [4.78, 5) is 32.4. The minimum Gasteiger partial charge on any atom is -0.465 e. The number of fused-ring (bicyclic) bond motifs is 1. The Hall–Kier alpha value is -3.34. The van der Waals surface area contributed by atoms with Gasteiger partial charge < -0.3 is 25.3 Å². The van der Waals surface area contributed by atoms with Crippen LogP contribution in [0.1, 0.15) is 43.6 Å². The number of nitrogens with one attached hydrogen (secondary N) is 3. The van der Waals surface area contributed by atoms with Crippen molar-refractivity contribution in [1.82, 2.24) is 19.8 Å². The van der Waals surface area contributed by atoms with E-state index in [1.54, 1.807) is 19.1 Å². The summed E-state index contributed by atoms with van der Waals surface area (Å²) in [6.45, 7) is 5.72. The fourth-order valence-corrected chi connectivity index (χ4v) is 4.67. The number of anilines is 1. The van der Waals surface area contributed by atoms with Gasteiger partial charge in [-0.25, -0.2) is 4.98 Å². The van der Waals surface area contributed by atoms with Gasteiger partial charge in [0.1, 0.15) is 17.2 Å². The van der Waals surface area contributed by atoms with Crippen LogP contribution in [-0.4, -0.2) is 58.4 Å². The van der Waals surface area contributed by atoms with Crippen LogP contribution in [0.25, 0.3) is 11.0 Å². The second kappa shape index (κ2) is 13.6. The number of halogens is 2. The minimum atomic E-state index is -1.10. The summed E-state index contributed by atoms with van der Waals surface area (Å²) in [6, 6.07) is 13.2. The number of likely N-dealkylation sites (tertiary alicyclic amines) is 1. The molecular weight excluding hydrogens is 541 g/mol. The van der Waals surface area contributed by atoms with Crippen LogP contribution in [0, 0.1) is 5.41 Å². The van der Waals surface area contributed by atoms with Gasteiger partial charge in [0.05, 0.1) is 30.7 Å². The summed E-state index contributed by atoms with van der Waals surface area (Å²) in [7, 11) is 1.96. The molecule has 1 fully saturated rings. The fraction of sp³-hybridized carbons (Fsp3) is 0.407. The fourth-order valence-electron chi connectivity index (χ4n) is 4.67. The Morgan fingerprint density at radius 3 is 2.41 bits per heavy atom. The number of carbonyl (C=O) groups excluding carboxylic acids is 2. The number of carbonyl (C=O) groups is 2. The zero-order valence-electron chi connectivity index (χ0n) is 22.5. The van der Waals surface area contributed by atoms with Gasteiger partial charge in [-0.05, 0) is 68.7 Å². The van der Waals surface area contributed by atoms with Crippen LogP contribution in [-0.2, 0) is 33.5 Å². The van der Waals surface area contributed by atoms with Crippen molar-refractivity contribution in [3.8, 4) is 0 Å². The highest BCUT2D eigenvalue weighted by Crippen LogP contribution is 2.29. The van der Waals surface area contributed by atoms with Gasteiger partial charge in [-0.1, -0.05) is 6.07 Å². The molecule has 12 heteroatoms. The summed E-state index contributed by atoms with van der Waals surface area (Å²) < 4.78 is 7.10. The van der Waals surface area contributed by atoms with E-state index >= 15 is 0 Å². The number of hydrogen-bond donors (Lipinski definition) is 4. The molecular formula is C27H37Cl2N7O3. The van der Waals surface area contributed by atoms with E-state index in [0.717, 1.165) is 41.0 Å². The molecule has 1 aliphatic rings. The van der Waals surface area contributed by atoms with Crippen LogP contribution in [0.2, 0.25) is 0 Å². The number of rotatable bonds is 10. The van der Waals surface area contributed by atoms with Crippen molar-refractivity contribution in [3.63, 3.8) is 0 Å². The highest BCUT2D eigenvalue weighted by molar-refractivity contribution is 5.95. The lowest BCUT2D eigenvalue weighted by Crippen LogP contribution is -2.54. The molecule has 2 aromatic carbocycles. The number of aryl methyl sites for hydroxylation is 1. The Balaban J connectivity index is 0.00000267. The average Bonchev–Trinajstić information content (AvgIpc) is 3.54. The first-order valence-electron chi connectivity index (χ1n) is 12.6. The molecule has 1 amide bonds. The third-order valence-electron chi connectivity index (χ3n) is 6.91. The number of imidazole rings is 1. The molecule has 212 valence electrons. The molecule has 2 heterocycles. The van der Waals surface area contributed by atoms with Crippen molar-refractivity contribution >= 4 is 59.2 Å². The first kappa shape index (κ1) is 31.9. The molecule has 0 bridgehead atoms. The second-order valence-electron chi connectivity index (χ2n) is 9.42. The molecule has 1 unspecified atom stereocenters. The Bertz CT molecular complexity index is 1310. The van der Waals surface area contributed by atoms with E-state index in [-0.39, 0.29) is 49.7 Å². The summed E-state index contributed by atoms with van der Waals surface area (Å²) in [5.74, 6) is 0.409. The lowest BCUT2D eigenvalue weighted by molar-refractivity contribution is -0.143. The number of nitrogen functional groups attached to an aromatic ring is 1. The molecule has 1 saturated heterocycles. The Morgan fingerprint density at radius 1 is 1.13 bits per heavy atom. The van der Waals surface area contributed by atoms with Crippen LogP contribution in [0.4, 0.5) is 5.69 Å². The van der Waals surface area contributed by atoms with Crippen LogP contribution in [0.5, 0.6) is 0 Å². The summed E-state index contributed by atoms with van der Waals surface area (Å²) in [6.07, 6.45) is 1.96. The van der Waals surface area contributed by atoms with E-state index in [0.29, 0.717) is 25.2 Å². The topological polar surface area (TPSA) is 138 Å². The van der Waals surface area contributed by atoms with Crippen molar-refractivity contribution in [1.29, 1.82) is 5.41 Å². The molecule has 0 aliphatic carbocycles. The quantitative estimate of drug-likeness (QED) is 0.165. The maximum atomic E-state index is 13.6. The molecule has 3 aromatic rings. The van der Waals surface area contributed by atoms with E-state index in [4.69, 9.17) is 20.9 Å². The number of ether oxygens (including phenoxy) is 1. The number of nitrogens with two attached hydrogens (primary N) is 1. The maximum Gasteiger partial charge on any atom is 0.319 e. The number of amidine groups is 1. The predicted molar refractivity (Wildman–Crippen MR) is 158 cm³/mol. The van der Waals surface area contributed by atoms with Crippen molar-refractivity contribution in [2.45, 2.75) is 38.8 Å². The van der Waals surface area contributed by atoms with E-state index in [2.05, 4.69) is 10.6 Å². The van der Waals surface area contributed by atoms with Gasteiger partial charge in [-0.3, -0.25) is 20.3 Å². The van der Waals surface area contributed by atoms with E-state index < -0.39 is 11.5 Å². The zero-order valence-corrected chi connectivity index (χ0v) is 24.1. The molecule has 1 aliphatic heterocycles. The summed E-state index contributed by atoms with van der Waals surface area (Å²) >= 11 is 0. The number of hydrogen-bond acceptors (Lipinski definition) is 7. The molecule has 5 N–H and O–H groups in total. The van der Waals surface area contributed by atoms with Gasteiger partial charge in [-0.15, -0.1) is 24.8 Å². The van der Waals surface area contributed by atoms with E-state index in [1.165, 1.54) is 0 Å². The van der Waals surface area contributed by atoms with Gasteiger partial charge in [0.15, 0.2) is 0 Å². The number of aromatic nitrogens is 2. The molecule has 1 aromatic heterocycles. The predicted octanol–water partition coefficient (Wildman–Crippen LogP) is 3.30. The molecule has 1 atom stereocenters. The maximum absolute atomic E-state index is 13.6. The van der Waals surface area contributed by atoms with E-state index in [1.807, 2.05) is 53.8 Å². The number of amides is 1. The monoisotopic (exact) mass is 577 g/mol. The van der Waals surface area contributed by atoms with Crippen molar-refractivity contribution in [2.24, 2.45) is 12.8 Å². The molecule has 0 spiro atoms. The van der Waals surface area contributed by atoms with Gasteiger partial charge in [0.25, 0.3) is 0 Å². The number of nitrogens with zero attached hydrogens (tertiary/aromatic N) is 3. The Labute approximate surface area is 241 Å². The van der Waals surface area contributed by atoms with Gasteiger partial charge in [0.2, 0.25) is 5.91 Å². The highest BCUT2D eigenvalue weighted by atomic mass is 35.5. The van der Waals surface area contributed by atoms with Crippen molar-refractivity contribution < 1.29 is 14.3 Å². The largest absolute Gasteiger partial charge is 0.465 e. The van der Waals surface area contributed by atoms with Gasteiger partial charge >= 0.3 is 5.97 Å². The van der Waals surface area contributed by atoms with Gasteiger partial charge in [-0.2, -0.15) is 0 Å². The molecule has 39 heavy (non-hydrogen) atoms. The molecule has 4 rings (SSSR count). The second-order valence-corrected chi connectivity index (χ2v) is 9.42. The first-order valence-corrected chi connectivity index (χ1v) is 12.6. The zero-order chi connectivity index (χ0) is 26.6. The standard InChI is InChI=1S/C27H35N7O3.2ClH/c1-4-37-24(35)17-31-27(2,26(36)34-13-5-6-14-34)19-9-12-22-21(15-19)32-23(33(22)3)16-30-20-10-7-18(8-11-20)25(28)29;;/h7-12,15,30-31H,4-6,13-14,16-17H2,1-3H3,(H3,28,29);2*1H. The highest BCUT2D eigenvalue weighted by Gasteiger charge is 2.39. The molecule has 0 radical (unpaired) electrons. The lowest BCUT2D eigenvalue weighted by Gasteiger charge is -2.33. The smallest absolute Gasteiger partial charge is 0.319 e. The average molecular weight is 579 g/mol. The summed E-state index contributed by atoms with van der Waals surface area (Å²) in [5, 5.41) is 14.1. The molecule has 10 nitrogen and oxygen atoms in total. The van der Waals surface area contributed by atoms with E-state index in [9.17, 15) is 9.59 Å². The first-order chi connectivity index (χ1) is 17.7. The van der Waals surface area contributed by atoms with Gasteiger partial charge in [0, 0.05) is 31.4 Å². The summed E-state index contributed by atoms with van der Waals surface area (Å²) in [5.41, 5.74) is 8.45.